The molecule has 0 saturated carbocycles. The molecular formula is C23H24OS2. The summed E-state index contributed by atoms with van der Waals surface area (Å²) in [6.45, 7) is 7.54. The topological polar surface area (TPSA) is 9.23 Å². The Morgan fingerprint density at radius 2 is 1.77 bits per heavy atom. The highest BCUT2D eigenvalue weighted by Crippen LogP contribution is 2.53. The Hall–Kier alpha value is -1.42. The van der Waals surface area contributed by atoms with Gasteiger partial charge in [0.25, 0.3) is 0 Å². The van der Waals surface area contributed by atoms with Crippen LogP contribution >= 0.6 is 23.5 Å². The van der Waals surface area contributed by atoms with Gasteiger partial charge >= 0.3 is 0 Å². The lowest BCUT2D eigenvalue weighted by atomic mass is 9.95. The molecule has 0 aromatic heterocycles. The van der Waals surface area contributed by atoms with Crippen LogP contribution in [-0.2, 0) is 4.74 Å². The third-order valence-corrected chi connectivity index (χ3v) is 7.39. The van der Waals surface area contributed by atoms with Gasteiger partial charge < -0.3 is 4.74 Å². The fraction of sp³-hybridized carbons (Fsp3) is 0.304. The van der Waals surface area contributed by atoms with Crippen LogP contribution in [-0.4, -0.2) is 11.4 Å². The second-order valence-electron chi connectivity index (χ2n) is 7.19. The third-order valence-electron chi connectivity index (χ3n) is 4.78. The van der Waals surface area contributed by atoms with Crippen molar-refractivity contribution >= 4 is 34.3 Å². The van der Waals surface area contributed by atoms with Crippen LogP contribution in [0.25, 0.3) is 21.9 Å². The summed E-state index contributed by atoms with van der Waals surface area (Å²) in [6, 6.07) is 19.8. The van der Waals surface area contributed by atoms with Crippen LogP contribution in [0.3, 0.4) is 0 Å². The van der Waals surface area contributed by atoms with Gasteiger partial charge in [0.2, 0.25) is 0 Å². The van der Waals surface area contributed by atoms with E-state index in [0.29, 0.717) is 5.92 Å². The monoisotopic (exact) mass is 380 g/mol. The molecule has 1 heterocycles. The molecule has 0 radical (unpaired) electrons. The van der Waals surface area contributed by atoms with E-state index in [1.54, 1.807) is 0 Å². The normalized spacial score (nSPS) is 16.4. The molecule has 3 heteroatoms. The van der Waals surface area contributed by atoms with Crippen LogP contribution in [0.15, 0.2) is 64.4 Å². The molecule has 1 aliphatic rings. The van der Waals surface area contributed by atoms with Crippen molar-refractivity contribution in [3.05, 3.63) is 60.2 Å². The van der Waals surface area contributed by atoms with Crippen molar-refractivity contribution in [1.82, 2.24) is 0 Å². The van der Waals surface area contributed by atoms with Crippen molar-refractivity contribution in [1.29, 1.82) is 0 Å². The smallest absolute Gasteiger partial charge is 0.158 e. The van der Waals surface area contributed by atoms with Crippen LogP contribution in [0, 0.1) is 12.8 Å². The number of fused-ring (bicyclic) bond motifs is 2. The number of rotatable bonds is 5. The fourth-order valence-corrected chi connectivity index (χ4v) is 6.08. The minimum atomic E-state index is 0.166. The van der Waals surface area contributed by atoms with Gasteiger partial charge in [-0.05, 0) is 47.2 Å². The predicted molar refractivity (Wildman–Crippen MR) is 115 cm³/mol. The molecule has 1 atom stereocenters. The highest BCUT2D eigenvalue weighted by molar-refractivity contribution is 8.19. The van der Waals surface area contributed by atoms with E-state index in [9.17, 15) is 0 Å². The van der Waals surface area contributed by atoms with Crippen molar-refractivity contribution in [3.8, 4) is 11.1 Å². The summed E-state index contributed by atoms with van der Waals surface area (Å²) in [5.41, 5.74) is 4.02. The van der Waals surface area contributed by atoms with E-state index in [1.807, 2.05) is 23.5 Å². The van der Waals surface area contributed by atoms with Gasteiger partial charge in [0.15, 0.2) is 4.77 Å². The first-order valence-electron chi connectivity index (χ1n) is 9.20. The van der Waals surface area contributed by atoms with Crippen molar-refractivity contribution in [2.24, 2.45) is 5.92 Å². The molecule has 0 amide bonds. The minimum Gasteiger partial charge on any atom is -0.357 e. The van der Waals surface area contributed by atoms with E-state index in [2.05, 4.69) is 75.4 Å². The fourth-order valence-electron chi connectivity index (χ4n) is 3.34. The summed E-state index contributed by atoms with van der Waals surface area (Å²) in [4.78, 5) is 2.72. The van der Waals surface area contributed by atoms with Crippen LogP contribution in [0.1, 0.15) is 25.8 Å². The third kappa shape index (κ3) is 3.53. The van der Waals surface area contributed by atoms with Crippen molar-refractivity contribution < 1.29 is 4.74 Å². The van der Waals surface area contributed by atoms with E-state index in [-0.39, 0.29) is 4.77 Å². The molecule has 1 unspecified atom stereocenters. The molecule has 0 bridgehead atoms. The largest absolute Gasteiger partial charge is 0.357 e. The van der Waals surface area contributed by atoms with Gasteiger partial charge in [0, 0.05) is 22.0 Å². The average Bonchev–Trinajstić information content (AvgIpc) is 3.04. The zero-order chi connectivity index (χ0) is 18.1. The second-order valence-corrected chi connectivity index (χ2v) is 9.66. The van der Waals surface area contributed by atoms with Crippen molar-refractivity contribution in [2.45, 2.75) is 41.8 Å². The van der Waals surface area contributed by atoms with Gasteiger partial charge in [0.05, 0.1) is 0 Å². The molecule has 0 saturated heterocycles. The minimum absolute atomic E-state index is 0.166. The molecule has 1 nitrogen and oxygen atoms in total. The SMILES string of the molecule is Cc1ccc2c(c1-c1cccc3ccccc13)SC(OCCC(C)C)S2. The number of hydrogen-bond donors (Lipinski definition) is 0. The molecular weight excluding hydrogens is 356 g/mol. The highest BCUT2D eigenvalue weighted by atomic mass is 32.2. The molecule has 3 aromatic carbocycles. The Morgan fingerprint density at radius 1 is 0.962 bits per heavy atom. The van der Waals surface area contributed by atoms with Gasteiger partial charge in [-0.15, -0.1) is 0 Å². The van der Waals surface area contributed by atoms with E-state index in [0.717, 1.165) is 13.0 Å². The Kier molecular flexibility index (Phi) is 5.30. The molecule has 0 N–H and O–H groups in total. The Labute approximate surface area is 164 Å². The highest BCUT2D eigenvalue weighted by Gasteiger charge is 2.28. The zero-order valence-corrected chi connectivity index (χ0v) is 17.1. The molecule has 0 spiro atoms. The van der Waals surface area contributed by atoms with Gasteiger partial charge in [-0.25, -0.2) is 0 Å². The first kappa shape index (κ1) is 18.0. The van der Waals surface area contributed by atoms with Crippen molar-refractivity contribution in [2.75, 3.05) is 6.61 Å². The van der Waals surface area contributed by atoms with Crippen LogP contribution < -0.4 is 0 Å². The molecule has 26 heavy (non-hydrogen) atoms. The lowest BCUT2D eigenvalue weighted by molar-refractivity contribution is 0.151. The molecule has 134 valence electrons. The average molecular weight is 381 g/mol. The molecule has 4 rings (SSSR count). The molecule has 0 fully saturated rings. The van der Waals surface area contributed by atoms with Gasteiger partial charge in [-0.2, -0.15) is 0 Å². The maximum atomic E-state index is 6.14. The first-order valence-corrected chi connectivity index (χ1v) is 11.0. The van der Waals surface area contributed by atoms with Gasteiger partial charge in [0.1, 0.15) is 0 Å². The second kappa shape index (κ2) is 7.67. The predicted octanol–water partition coefficient (Wildman–Crippen LogP) is 7.36. The Balaban J connectivity index is 1.71. The number of ether oxygens (including phenoxy) is 1. The van der Waals surface area contributed by atoms with E-state index < -0.39 is 0 Å². The van der Waals surface area contributed by atoms with E-state index in [4.69, 9.17) is 4.74 Å². The summed E-state index contributed by atoms with van der Waals surface area (Å²) < 4.78 is 6.31. The summed E-state index contributed by atoms with van der Waals surface area (Å²) in [7, 11) is 0. The maximum Gasteiger partial charge on any atom is 0.158 e. The summed E-state index contributed by atoms with van der Waals surface area (Å²) in [5, 5.41) is 2.61. The van der Waals surface area contributed by atoms with Crippen LogP contribution in [0.4, 0.5) is 0 Å². The maximum absolute atomic E-state index is 6.14. The van der Waals surface area contributed by atoms with Crippen LogP contribution in [0.2, 0.25) is 0 Å². The van der Waals surface area contributed by atoms with Gasteiger partial charge in [-0.1, -0.05) is 85.9 Å². The quantitative estimate of drug-likeness (QED) is 0.457. The number of thioether (sulfide) groups is 2. The summed E-state index contributed by atoms with van der Waals surface area (Å²) >= 11 is 3.72. The van der Waals surface area contributed by atoms with Gasteiger partial charge in [-0.3, -0.25) is 0 Å². The first-order chi connectivity index (χ1) is 12.6. The van der Waals surface area contributed by atoms with E-state index >= 15 is 0 Å². The standard InChI is InChI=1S/C23H24OS2/c1-15(2)13-14-24-23-25-20-12-11-16(3)21(22(20)26-23)19-10-6-8-17-7-4-5-9-18(17)19/h4-12,15,23H,13-14H2,1-3H3. The summed E-state index contributed by atoms with van der Waals surface area (Å²) in [6.07, 6.45) is 1.11. The lowest BCUT2D eigenvalue weighted by Gasteiger charge is -2.14. The Morgan fingerprint density at radius 3 is 2.62 bits per heavy atom. The molecule has 1 aliphatic heterocycles. The zero-order valence-electron chi connectivity index (χ0n) is 15.5. The van der Waals surface area contributed by atoms with E-state index in [1.165, 1.54) is 37.3 Å². The summed E-state index contributed by atoms with van der Waals surface area (Å²) in [5.74, 6) is 0.683. The van der Waals surface area contributed by atoms with Crippen molar-refractivity contribution in [3.63, 3.8) is 0 Å². The van der Waals surface area contributed by atoms with Crippen LogP contribution in [0.5, 0.6) is 0 Å². The number of benzene rings is 3. The number of hydrogen-bond acceptors (Lipinski definition) is 3. The molecule has 0 aliphatic carbocycles. The molecule has 3 aromatic rings. The Bertz CT molecular complexity index is 927. The lowest BCUT2D eigenvalue weighted by Crippen LogP contribution is -2.04. The number of aryl methyl sites for hydroxylation is 1.